The van der Waals surface area contributed by atoms with Crippen molar-refractivity contribution in [2.45, 2.75) is 39.7 Å². The highest BCUT2D eigenvalue weighted by atomic mass is 16.5. The molecular weight excluding hydrogens is 324 g/mol. The predicted octanol–water partition coefficient (Wildman–Crippen LogP) is 4.48. The number of nitrogens with one attached hydrogen (secondary N) is 1. The van der Waals surface area contributed by atoms with Crippen LogP contribution < -0.4 is 10.2 Å². The zero-order valence-corrected chi connectivity index (χ0v) is 16.1. The number of carbonyl (C=O) groups excluding carboxylic acids is 1. The number of hydrogen-bond acceptors (Lipinski definition) is 3. The smallest absolute Gasteiger partial charge is 0.256 e. The van der Waals surface area contributed by atoms with Crippen molar-refractivity contribution in [1.29, 1.82) is 0 Å². The van der Waals surface area contributed by atoms with E-state index in [2.05, 4.69) is 29.3 Å². The van der Waals surface area contributed by atoms with E-state index in [0.29, 0.717) is 6.10 Å². The number of rotatable bonds is 4. The molecule has 3 rings (SSSR count). The molecule has 0 radical (unpaired) electrons. The molecule has 0 aliphatic carbocycles. The van der Waals surface area contributed by atoms with E-state index in [1.807, 2.05) is 38.1 Å². The van der Waals surface area contributed by atoms with Crippen LogP contribution in [0.1, 0.15) is 39.9 Å². The molecule has 1 atom stereocenters. The average Bonchev–Trinajstić information content (AvgIpc) is 2.61. The molecule has 0 spiro atoms. The molecule has 1 fully saturated rings. The van der Waals surface area contributed by atoms with Crippen molar-refractivity contribution in [1.82, 2.24) is 0 Å². The van der Waals surface area contributed by atoms with Gasteiger partial charge in [-0.2, -0.15) is 0 Å². The highest BCUT2D eigenvalue weighted by Crippen LogP contribution is 2.24. The summed E-state index contributed by atoms with van der Waals surface area (Å²) in [7, 11) is 1.78. The minimum Gasteiger partial charge on any atom is -0.380 e. The number of hydrogen-bond donors (Lipinski definition) is 1. The number of benzene rings is 2. The molecular formula is C22H28N2O2. The van der Waals surface area contributed by atoms with Crippen LogP contribution in [0.3, 0.4) is 0 Å². The van der Waals surface area contributed by atoms with Crippen LogP contribution in [0.2, 0.25) is 0 Å². The lowest BCUT2D eigenvalue weighted by molar-refractivity contribution is 0.0893. The molecule has 1 saturated heterocycles. The molecule has 138 valence electrons. The lowest BCUT2D eigenvalue weighted by Gasteiger charge is -2.33. The fourth-order valence-corrected chi connectivity index (χ4v) is 3.85. The highest BCUT2D eigenvalue weighted by molar-refractivity contribution is 6.06. The molecule has 1 aliphatic rings. The lowest BCUT2D eigenvalue weighted by atomic mass is 9.99. The standard InChI is InChI=1S/C22H28N2O2/c1-15-12-16(2)21(17(3)13-15)22(25)23-18-7-9-19(10-8-18)24-11-5-6-20(14-24)26-4/h7-10,12-13,20H,5-6,11,14H2,1-4H3,(H,23,25). The number of anilines is 2. The first-order valence-electron chi connectivity index (χ1n) is 9.25. The van der Waals surface area contributed by atoms with Gasteiger partial charge in [0.1, 0.15) is 0 Å². The molecule has 1 heterocycles. The number of methoxy groups -OCH3 is 1. The highest BCUT2D eigenvalue weighted by Gasteiger charge is 2.19. The van der Waals surface area contributed by atoms with Gasteiger partial charge in [-0.25, -0.2) is 0 Å². The van der Waals surface area contributed by atoms with Crippen LogP contribution >= 0.6 is 0 Å². The van der Waals surface area contributed by atoms with Gasteiger partial charge in [0.2, 0.25) is 0 Å². The quantitative estimate of drug-likeness (QED) is 0.882. The van der Waals surface area contributed by atoms with Crippen LogP contribution in [0.5, 0.6) is 0 Å². The summed E-state index contributed by atoms with van der Waals surface area (Å²) in [4.78, 5) is 15.0. The van der Waals surface area contributed by atoms with E-state index in [4.69, 9.17) is 4.74 Å². The van der Waals surface area contributed by atoms with Gasteiger partial charge in [0.25, 0.3) is 5.91 Å². The second-order valence-corrected chi connectivity index (χ2v) is 7.22. The van der Waals surface area contributed by atoms with Gasteiger partial charge in [0.15, 0.2) is 0 Å². The summed E-state index contributed by atoms with van der Waals surface area (Å²) in [5.74, 6) is -0.0508. The number of carbonyl (C=O) groups is 1. The Morgan fingerprint density at radius 1 is 1.12 bits per heavy atom. The van der Waals surface area contributed by atoms with E-state index < -0.39 is 0 Å². The molecule has 0 bridgehead atoms. The normalized spacial score (nSPS) is 17.2. The summed E-state index contributed by atoms with van der Waals surface area (Å²) in [5, 5.41) is 3.03. The first-order chi connectivity index (χ1) is 12.5. The molecule has 2 aromatic carbocycles. The summed E-state index contributed by atoms with van der Waals surface area (Å²) in [6, 6.07) is 12.2. The Balaban J connectivity index is 1.71. The Hall–Kier alpha value is -2.33. The molecule has 0 saturated carbocycles. The van der Waals surface area contributed by atoms with Gasteiger partial charge < -0.3 is 15.0 Å². The zero-order chi connectivity index (χ0) is 18.7. The molecule has 1 amide bonds. The molecule has 4 nitrogen and oxygen atoms in total. The predicted molar refractivity (Wildman–Crippen MR) is 107 cm³/mol. The average molecular weight is 352 g/mol. The maximum absolute atomic E-state index is 12.7. The third-order valence-corrected chi connectivity index (χ3v) is 5.11. The fraction of sp³-hybridized carbons (Fsp3) is 0.409. The number of piperidine rings is 1. The van der Waals surface area contributed by atoms with E-state index in [1.54, 1.807) is 7.11 Å². The van der Waals surface area contributed by atoms with Crippen LogP contribution in [0.4, 0.5) is 11.4 Å². The molecule has 1 N–H and O–H groups in total. The van der Waals surface area contributed by atoms with Crippen LogP contribution in [0.25, 0.3) is 0 Å². The van der Waals surface area contributed by atoms with Gasteiger partial charge in [0.05, 0.1) is 6.10 Å². The van der Waals surface area contributed by atoms with Gasteiger partial charge in [-0.1, -0.05) is 17.7 Å². The van der Waals surface area contributed by atoms with Crippen molar-refractivity contribution < 1.29 is 9.53 Å². The van der Waals surface area contributed by atoms with Gasteiger partial charge in [0, 0.05) is 37.1 Å². The van der Waals surface area contributed by atoms with Gasteiger partial charge >= 0.3 is 0 Å². The number of aryl methyl sites for hydroxylation is 3. The minimum atomic E-state index is -0.0508. The van der Waals surface area contributed by atoms with E-state index in [9.17, 15) is 4.79 Å². The Bertz CT molecular complexity index is 760. The summed E-state index contributed by atoms with van der Waals surface area (Å²) >= 11 is 0. The third-order valence-electron chi connectivity index (χ3n) is 5.11. The van der Waals surface area contributed by atoms with Crippen LogP contribution in [0.15, 0.2) is 36.4 Å². The van der Waals surface area contributed by atoms with Crippen LogP contribution in [0, 0.1) is 20.8 Å². The SMILES string of the molecule is COC1CCCN(c2ccc(NC(=O)c3c(C)cc(C)cc3C)cc2)C1. The monoisotopic (exact) mass is 352 g/mol. The molecule has 4 heteroatoms. The first-order valence-corrected chi connectivity index (χ1v) is 9.25. The minimum absolute atomic E-state index is 0.0508. The van der Waals surface area contributed by atoms with Gasteiger partial charge in [-0.3, -0.25) is 4.79 Å². The molecule has 1 unspecified atom stereocenters. The Morgan fingerprint density at radius 2 is 1.77 bits per heavy atom. The van der Waals surface area contributed by atoms with E-state index >= 15 is 0 Å². The first kappa shape index (κ1) is 18.5. The summed E-state index contributed by atoms with van der Waals surface area (Å²) in [6.07, 6.45) is 2.56. The van der Waals surface area contributed by atoms with Crippen molar-refractivity contribution >= 4 is 17.3 Å². The zero-order valence-electron chi connectivity index (χ0n) is 16.1. The van der Waals surface area contributed by atoms with Gasteiger partial charge in [-0.05, 0) is 69.0 Å². The van der Waals surface area contributed by atoms with E-state index in [-0.39, 0.29) is 5.91 Å². The van der Waals surface area contributed by atoms with Crippen LogP contribution in [-0.2, 0) is 4.74 Å². The van der Waals surface area contributed by atoms with E-state index in [1.165, 1.54) is 11.3 Å². The summed E-state index contributed by atoms with van der Waals surface area (Å²) < 4.78 is 5.50. The summed E-state index contributed by atoms with van der Waals surface area (Å²) in [6.45, 7) is 7.99. The third kappa shape index (κ3) is 4.07. The fourth-order valence-electron chi connectivity index (χ4n) is 3.85. The maximum Gasteiger partial charge on any atom is 0.256 e. The Labute approximate surface area is 156 Å². The van der Waals surface area contributed by atoms with Gasteiger partial charge in [-0.15, -0.1) is 0 Å². The Morgan fingerprint density at radius 3 is 2.38 bits per heavy atom. The summed E-state index contributed by atoms with van der Waals surface area (Å²) in [5.41, 5.74) is 5.95. The van der Waals surface area contributed by atoms with Crippen molar-refractivity contribution in [3.63, 3.8) is 0 Å². The number of ether oxygens (including phenoxy) is 1. The van der Waals surface area contributed by atoms with Crippen molar-refractivity contribution in [2.75, 3.05) is 30.4 Å². The second kappa shape index (κ2) is 7.92. The lowest BCUT2D eigenvalue weighted by Crippen LogP contribution is -2.39. The van der Waals surface area contributed by atoms with E-state index in [0.717, 1.165) is 48.3 Å². The second-order valence-electron chi connectivity index (χ2n) is 7.22. The number of nitrogens with zero attached hydrogens (tertiary/aromatic N) is 1. The van der Waals surface area contributed by atoms with Crippen molar-refractivity contribution in [2.24, 2.45) is 0 Å². The van der Waals surface area contributed by atoms with Crippen molar-refractivity contribution in [3.8, 4) is 0 Å². The largest absolute Gasteiger partial charge is 0.380 e. The molecule has 1 aliphatic heterocycles. The maximum atomic E-state index is 12.7. The topological polar surface area (TPSA) is 41.6 Å². The number of amides is 1. The van der Waals surface area contributed by atoms with Crippen molar-refractivity contribution in [3.05, 3.63) is 58.7 Å². The Kier molecular flexibility index (Phi) is 5.62. The molecule has 0 aromatic heterocycles. The molecule has 2 aromatic rings. The molecule has 26 heavy (non-hydrogen) atoms. The van der Waals surface area contributed by atoms with Crippen LogP contribution in [-0.4, -0.2) is 32.2 Å².